The van der Waals surface area contributed by atoms with E-state index in [-0.39, 0.29) is 11.6 Å². The van der Waals surface area contributed by atoms with E-state index in [1.54, 1.807) is 0 Å². The molecule has 1 atom stereocenters. The monoisotopic (exact) mass is 336 g/mol. The van der Waals surface area contributed by atoms with Gasteiger partial charge < -0.3 is 4.74 Å². The Morgan fingerprint density at radius 1 is 1.00 bits per heavy atom. The van der Waals surface area contributed by atoms with Crippen LogP contribution in [0.3, 0.4) is 0 Å². The fraction of sp³-hybridized carbons (Fsp3) is 0.143. The summed E-state index contributed by atoms with van der Waals surface area (Å²) in [6.45, 7) is -2.09. The highest BCUT2D eigenvalue weighted by Gasteiger charge is 2.31. The maximum absolute atomic E-state index is 12.3. The lowest BCUT2D eigenvalue weighted by Crippen LogP contribution is -2.28. The van der Waals surface area contributed by atoms with E-state index in [1.807, 2.05) is 42.2 Å². The predicted octanol–water partition coefficient (Wildman–Crippen LogP) is 3.51. The normalized spacial score (nSPS) is 16.6. The zero-order valence-electron chi connectivity index (χ0n) is 13.7. The lowest BCUT2D eigenvalue weighted by Gasteiger charge is -2.34. The van der Waals surface area contributed by atoms with Crippen molar-refractivity contribution in [3.05, 3.63) is 85.0 Å². The van der Waals surface area contributed by atoms with Crippen LogP contribution in [-0.4, -0.2) is 24.5 Å². The SMILES string of the molecule is COC(=O)C=P(c1ccccc1)(c1ccccc1)C1C=CC=CC1. The summed E-state index contributed by atoms with van der Waals surface area (Å²) in [5.41, 5.74) is 0.256. The third kappa shape index (κ3) is 3.16. The Morgan fingerprint density at radius 3 is 2.04 bits per heavy atom. The van der Waals surface area contributed by atoms with Crippen molar-refractivity contribution < 1.29 is 9.53 Å². The van der Waals surface area contributed by atoms with Gasteiger partial charge in [-0.15, -0.1) is 0 Å². The molecule has 0 bridgehead atoms. The summed E-state index contributed by atoms with van der Waals surface area (Å²) < 4.78 is 5.03. The van der Waals surface area contributed by atoms with Gasteiger partial charge in [0.25, 0.3) is 0 Å². The summed E-state index contributed by atoms with van der Waals surface area (Å²) in [4.78, 5) is 12.3. The van der Waals surface area contributed by atoms with Crippen molar-refractivity contribution in [1.82, 2.24) is 0 Å². The number of hydrogen-bond acceptors (Lipinski definition) is 2. The van der Waals surface area contributed by atoms with E-state index in [2.05, 4.69) is 48.6 Å². The van der Waals surface area contributed by atoms with Crippen LogP contribution in [0, 0.1) is 0 Å². The average molecular weight is 336 g/mol. The van der Waals surface area contributed by atoms with Gasteiger partial charge in [-0.05, 0) is 23.9 Å². The Kier molecular flexibility index (Phi) is 5.17. The molecule has 0 aromatic heterocycles. The van der Waals surface area contributed by atoms with Crippen molar-refractivity contribution in [2.24, 2.45) is 0 Å². The van der Waals surface area contributed by atoms with Crippen LogP contribution in [0.25, 0.3) is 0 Å². The summed E-state index contributed by atoms with van der Waals surface area (Å²) in [5, 5.41) is 2.40. The number of hydrogen-bond donors (Lipinski definition) is 0. The first-order valence-electron chi connectivity index (χ1n) is 8.04. The van der Waals surface area contributed by atoms with Crippen LogP contribution in [0.4, 0.5) is 0 Å². The van der Waals surface area contributed by atoms with Crippen molar-refractivity contribution in [3.63, 3.8) is 0 Å². The lowest BCUT2D eigenvalue weighted by molar-refractivity contribution is -0.132. The molecule has 0 saturated carbocycles. The largest absolute Gasteiger partial charge is 0.466 e. The van der Waals surface area contributed by atoms with E-state index in [0.29, 0.717) is 0 Å². The fourth-order valence-corrected chi connectivity index (χ4v) is 7.36. The number of methoxy groups -OCH3 is 1. The molecule has 1 unspecified atom stereocenters. The first kappa shape index (κ1) is 16.5. The standard InChI is InChI=1S/C21H21O2P/c1-23-21(22)17-24(18-11-5-2-6-12-18,19-13-7-3-8-14-19)20-15-9-4-10-16-20/h2-15,17,20H,16H2,1H3. The molecule has 0 amide bonds. The predicted molar refractivity (Wildman–Crippen MR) is 104 cm³/mol. The molecule has 2 nitrogen and oxygen atoms in total. The third-order valence-electron chi connectivity index (χ3n) is 4.36. The molecule has 2 aromatic carbocycles. The number of carbonyl (C=O) groups excluding carboxylic acids is 1. The fourth-order valence-electron chi connectivity index (χ4n) is 3.21. The Balaban J connectivity index is 2.32. The average Bonchev–Trinajstić information content (AvgIpc) is 2.68. The summed E-state index contributed by atoms with van der Waals surface area (Å²) in [6.07, 6.45) is 9.48. The lowest BCUT2D eigenvalue weighted by atomic mass is 10.2. The van der Waals surface area contributed by atoms with Crippen molar-refractivity contribution in [1.29, 1.82) is 0 Å². The smallest absolute Gasteiger partial charge is 0.331 e. The van der Waals surface area contributed by atoms with E-state index in [0.717, 1.165) is 6.42 Å². The molecule has 0 spiro atoms. The Labute approximate surface area is 143 Å². The number of ether oxygens (including phenoxy) is 1. The van der Waals surface area contributed by atoms with Crippen LogP contribution >= 0.6 is 6.89 Å². The minimum Gasteiger partial charge on any atom is -0.466 e. The molecule has 122 valence electrons. The van der Waals surface area contributed by atoms with Gasteiger partial charge in [0.05, 0.1) is 7.11 Å². The van der Waals surface area contributed by atoms with Gasteiger partial charge in [0.15, 0.2) is 0 Å². The van der Waals surface area contributed by atoms with Gasteiger partial charge in [0, 0.05) is 11.5 Å². The van der Waals surface area contributed by atoms with Gasteiger partial charge in [0.2, 0.25) is 0 Å². The van der Waals surface area contributed by atoms with Gasteiger partial charge in [-0.1, -0.05) is 85.0 Å². The van der Waals surface area contributed by atoms with E-state index in [9.17, 15) is 4.79 Å². The minimum atomic E-state index is -2.09. The Morgan fingerprint density at radius 2 is 1.58 bits per heavy atom. The first-order chi connectivity index (χ1) is 11.8. The van der Waals surface area contributed by atoms with Gasteiger partial charge in [-0.3, -0.25) is 0 Å². The summed E-state index contributed by atoms with van der Waals surface area (Å²) >= 11 is 0. The second kappa shape index (κ2) is 7.51. The number of allylic oxidation sites excluding steroid dienone is 4. The van der Waals surface area contributed by atoms with Gasteiger partial charge in [-0.2, -0.15) is 0 Å². The van der Waals surface area contributed by atoms with Gasteiger partial charge >= 0.3 is 5.97 Å². The molecule has 0 N–H and O–H groups in total. The van der Waals surface area contributed by atoms with Crippen molar-refractivity contribution in [2.45, 2.75) is 12.1 Å². The molecule has 1 aliphatic rings. The van der Waals surface area contributed by atoms with Gasteiger partial charge in [0.1, 0.15) is 0 Å². The number of benzene rings is 2. The first-order valence-corrected chi connectivity index (χ1v) is 9.97. The zero-order valence-corrected chi connectivity index (χ0v) is 14.6. The number of carbonyl (C=O) groups is 1. The quantitative estimate of drug-likeness (QED) is 0.631. The molecule has 24 heavy (non-hydrogen) atoms. The number of rotatable bonds is 4. The molecule has 0 radical (unpaired) electrons. The van der Waals surface area contributed by atoms with Crippen LogP contribution in [0.1, 0.15) is 6.42 Å². The van der Waals surface area contributed by atoms with E-state index in [1.165, 1.54) is 17.7 Å². The highest BCUT2D eigenvalue weighted by molar-refractivity contribution is 7.90. The van der Waals surface area contributed by atoms with Crippen LogP contribution < -0.4 is 10.6 Å². The topological polar surface area (TPSA) is 26.3 Å². The van der Waals surface area contributed by atoms with E-state index in [4.69, 9.17) is 4.74 Å². The summed E-state index contributed by atoms with van der Waals surface area (Å²) in [6, 6.07) is 20.7. The molecule has 0 saturated heterocycles. The van der Waals surface area contributed by atoms with Crippen LogP contribution in [0.2, 0.25) is 0 Å². The van der Waals surface area contributed by atoms with Crippen LogP contribution in [0.5, 0.6) is 0 Å². The highest BCUT2D eigenvalue weighted by atomic mass is 31.2. The molecular weight excluding hydrogens is 315 g/mol. The highest BCUT2D eigenvalue weighted by Crippen LogP contribution is 2.52. The summed E-state index contributed by atoms with van der Waals surface area (Å²) in [5.74, 6) is 1.57. The van der Waals surface area contributed by atoms with Crippen molar-refractivity contribution in [3.8, 4) is 0 Å². The minimum absolute atomic E-state index is 0.256. The maximum atomic E-state index is 12.3. The van der Waals surface area contributed by atoms with E-state index < -0.39 is 6.89 Å². The van der Waals surface area contributed by atoms with E-state index >= 15 is 0 Å². The van der Waals surface area contributed by atoms with Crippen molar-refractivity contribution in [2.75, 3.05) is 7.11 Å². The molecule has 0 heterocycles. The molecule has 0 aliphatic heterocycles. The van der Waals surface area contributed by atoms with Gasteiger partial charge in [-0.25, -0.2) is 4.79 Å². The zero-order chi connectivity index (χ0) is 16.8. The molecule has 1 aliphatic carbocycles. The summed E-state index contributed by atoms with van der Waals surface area (Å²) in [7, 11) is 1.44. The molecular formula is C21H21O2P. The third-order valence-corrected chi connectivity index (χ3v) is 8.71. The molecule has 3 heteroatoms. The van der Waals surface area contributed by atoms with Crippen molar-refractivity contribution >= 4 is 29.3 Å². The number of esters is 1. The van der Waals surface area contributed by atoms with Crippen LogP contribution in [0.15, 0.2) is 85.0 Å². The second-order valence-electron chi connectivity index (χ2n) is 5.72. The second-order valence-corrected chi connectivity index (χ2v) is 9.23. The molecule has 2 aromatic rings. The molecule has 0 fully saturated rings. The Bertz CT molecular complexity index is 761. The Hall–Kier alpha value is -2.31. The maximum Gasteiger partial charge on any atom is 0.331 e. The molecule has 3 rings (SSSR count). The van der Waals surface area contributed by atoms with Crippen LogP contribution in [-0.2, 0) is 9.53 Å².